The summed E-state index contributed by atoms with van der Waals surface area (Å²) in [5.74, 6) is -1.06. The number of carbonyl (C=O) groups excluding carboxylic acids is 2. The zero-order valence-corrected chi connectivity index (χ0v) is 17.7. The van der Waals surface area contributed by atoms with Crippen molar-refractivity contribution in [3.63, 3.8) is 0 Å². The predicted molar refractivity (Wildman–Crippen MR) is 119 cm³/mol. The lowest BCUT2D eigenvalue weighted by atomic mass is 10.00. The van der Waals surface area contributed by atoms with Crippen LogP contribution in [0.1, 0.15) is 45.7 Å². The van der Waals surface area contributed by atoms with Crippen LogP contribution in [0, 0.1) is 0 Å². The van der Waals surface area contributed by atoms with E-state index in [2.05, 4.69) is 42.4 Å². The number of rotatable bonds is 9. The molecular weight excluding hydrogens is 394 g/mol. The molecule has 0 saturated heterocycles. The maximum absolute atomic E-state index is 12.3. The highest BCUT2D eigenvalue weighted by Crippen LogP contribution is 2.24. The minimum Gasteiger partial charge on any atom is -0.300 e. The molecule has 162 valence electrons. The van der Waals surface area contributed by atoms with E-state index in [4.69, 9.17) is 10.0 Å². The fraction of sp³-hybridized carbons (Fsp3) is 0.250. The Morgan fingerprint density at radius 3 is 1.97 bits per heavy atom. The summed E-state index contributed by atoms with van der Waals surface area (Å²) < 4.78 is 0. The fourth-order valence-corrected chi connectivity index (χ4v) is 3.47. The standard InChI is InChI=1S/C24H27N3O4/c1-3-27(4-2)15-19-7-5-10-22-20(8-6-9-21(19)22)16-31-26-24(29)18-13-11-17(12-14-18)23(28)25-30/h5-14,30H,3-4,15-16H2,1-2H3,(H,25,28)(H,26,29). The van der Waals surface area contributed by atoms with E-state index in [1.807, 2.05) is 18.2 Å². The minimum absolute atomic E-state index is 0.225. The van der Waals surface area contributed by atoms with Gasteiger partial charge in [0.25, 0.3) is 11.8 Å². The Morgan fingerprint density at radius 2 is 1.39 bits per heavy atom. The largest absolute Gasteiger partial charge is 0.300 e. The first-order chi connectivity index (χ1) is 15.1. The summed E-state index contributed by atoms with van der Waals surface area (Å²) in [6.45, 7) is 7.41. The zero-order chi connectivity index (χ0) is 22.2. The molecule has 0 atom stereocenters. The number of benzene rings is 3. The van der Waals surface area contributed by atoms with Crippen LogP contribution < -0.4 is 11.0 Å². The molecule has 31 heavy (non-hydrogen) atoms. The van der Waals surface area contributed by atoms with Gasteiger partial charge in [-0.25, -0.2) is 11.0 Å². The van der Waals surface area contributed by atoms with E-state index < -0.39 is 11.8 Å². The maximum Gasteiger partial charge on any atom is 0.274 e. The molecule has 0 spiro atoms. The lowest BCUT2D eigenvalue weighted by Crippen LogP contribution is -2.24. The molecule has 3 N–H and O–H groups in total. The SMILES string of the molecule is CCN(CC)Cc1cccc2c(CONC(=O)c3ccc(C(=O)NO)cc3)cccc12. The second-order valence-electron chi connectivity index (χ2n) is 7.13. The number of hydrogen-bond acceptors (Lipinski definition) is 5. The zero-order valence-electron chi connectivity index (χ0n) is 17.7. The van der Waals surface area contributed by atoms with Crippen molar-refractivity contribution in [1.82, 2.24) is 15.9 Å². The second-order valence-corrected chi connectivity index (χ2v) is 7.13. The van der Waals surface area contributed by atoms with Crippen molar-refractivity contribution in [2.75, 3.05) is 13.1 Å². The van der Waals surface area contributed by atoms with Crippen molar-refractivity contribution in [1.29, 1.82) is 0 Å². The number of nitrogens with one attached hydrogen (secondary N) is 2. The maximum atomic E-state index is 12.3. The van der Waals surface area contributed by atoms with Crippen LogP contribution in [0.25, 0.3) is 10.8 Å². The van der Waals surface area contributed by atoms with E-state index in [1.54, 1.807) is 5.48 Å². The summed E-state index contributed by atoms with van der Waals surface area (Å²) in [7, 11) is 0. The average Bonchev–Trinajstić information content (AvgIpc) is 2.82. The van der Waals surface area contributed by atoms with Gasteiger partial charge in [0.15, 0.2) is 0 Å². The van der Waals surface area contributed by atoms with Gasteiger partial charge in [-0.3, -0.25) is 24.5 Å². The van der Waals surface area contributed by atoms with Gasteiger partial charge in [-0.15, -0.1) is 0 Å². The molecule has 7 heteroatoms. The molecule has 3 rings (SSSR count). The molecule has 0 radical (unpaired) electrons. The Balaban J connectivity index is 1.67. The van der Waals surface area contributed by atoms with Crippen molar-refractivity contribution in [3.8, 4) is 0 Å². The average molecular weight is 421 g/mol. The van der Waals surface area contributed by atoms with Gasteiger partial charge in [0.2, 0.25) is 0 Å². The van der Waals surface area contributed by atoms with Crippen molar-refractivity contribution < 1.29 is 19.6 Å². The molecule has 3 aromatic rings. The topological polar surface area (TPSA) is 90.9 Å². The highest BCUT2D eigenvalue weighted by atomic mass is 16.6. The first kappa shape index (κ1) is 22.4. The van der Waals surface area contributed by atoms with Crippen LogP contribution in [0.15, 0.2) is 60.7 Å². The molecule has 0 bridgehead atoms. The Labute approximate surface area is 181 Å². The minimum atomic E-state index is -0.639. The lowest BCUT2D eigenvalue weighted by molar-refractivity contribution is 0.0237. The number of nitrogens with zero attached hydrogens (tertiary/aromatic N) is 1. The first-order valence-corrected chi connectivity index (χ1v) is 10.3. The third-order valence-electron chi connectivity index (χ3n) is 5.29. The molecule has 2 amide bonds. The smallest absolute Gasteiger partial charge is 0.274 e. The monoisotopic (exact) mass is 421 g/mol. The molecule has 0 unspecified atom stereocenters. The second kappa shape index (κ2) is 10.7. The molecule has 0 heterocycles. The molecule has 0 aliphatic carbocycles. The third-order valence-corrected chi connectivity index (χ3v) is 5.29. The van der Waals surface area contributed by atoms with E-state index >= 15 is 0 Å². The Hall–Kier alpha value is -3.26. The summed E-state index contributed by atoms with van der Waals surface area (Å²) in [6, 6.07) is 18.2. The molecule has 0 fully saturated rings. The highest BCUT2D eigenvalue weighted by molar-refractivity contribution is 5.97. The van der Waals surface area contributed by atoms with E-state index in [1.165, 1.54) is 35.2 Å². The van der Waals surface area contributed by atoms with E-state index in [9.17, 15) is 9.59 Å². The summed E-state index contributed by atoms with van der Waals surface area (Å²) in [4.78, 5) is 31.5. The summed E-state index contributed by atoms with van der Waals surface area (Å²) >= 11 is 0. The van der Waals surface area contributed by atoms with Gasteiger partial charge in [-0.2, -0.15) is 0 Å². The van der Waals surface area contributed by atoms with Crippen LogP contribution in [0.4, 0.5) is 0 Å². The number of carbonyl (C=O) groups is 2. The Bertz CT molecular complexity index is 1050. The first-order valence-electron chi connectivity index (χ1n) is 10.3. The summed E-state index contributed by atoms with van der Waals surface area (Å²) in [5, 5.41) is 10.9. The number of hydroxylamine groups is 2. The van der Waals surface area contributed by atoms with Crippen molar-refractivity contribution in [2.24, 2.45) is 0 Å². The molecule has 0 aliphatic rings. The van der Waals surface area contributed by atoms with Gasteiger partial charge in [-0.05, 0) is 59.3 Å². The highest BCUT2D eigenvalue weighted by Gasteiger charge is 2.11. The van der Waals surface area contributed by atoms with Gasteiger partial charge in [0, 0.05) is 17.7 Å². The van der Waals surface area contributed by atoms with Crippen LogP contribution >= 0.6 is 0 Å². The van der Waals surface area contributed by atoms with Gasteiger partial charge in [-0.1, -0.05) is 50.2 Å². The van der Waals surface area contributed by atoms with Crippen LogP contribution in [0.5, 0.6) is 0 Å². The molecule has 0 aromatic heterocycles. The normalized spacial score (nSPS) is 11.0. The predicted octanol–water partition coefficient (Wildman–Crippen LogP) is 3.66. The summed E-state index contributed by atoms with van der Waals surface area (Å²) in [5.41, 5.74) is 6.83. The molecule has 7 nitrogen and oxygen atoms in total. The third kappa shape index (κ3) is 5.46. The molecular formula is C24H27N3O4. The van der Waals surface area contributed by atoms with Gasteiger partial charge in [0.1, 0.15) is 6.61 Å². The number of fused-ring (bicyclic) bond motifs is 1. The number of hydrogen-bond donors (Lipinski definition) is 3. The van der Waals surface area contributed by atoms with Crippen LogP contribution in [0.2, 0.25) is 0 Å². The van der Waals surface area contributed by atoms with Crippen LogP contribution in [0.3, 0.4) is 0 Å². The van der Waals surface area contributed by atoms with Gasteiger partial charge >= 0.3 is 0 Å². The molecule has 0 saturated carbocycles. The molecule has 3 aromatic carbocycles. The lowest BCUT2D eigenvalue weighted by Gasteiger charge is -2.19. The van der Waals surface area contributed by atoms with E-state index in [-0.39, 0.29) is 12.2 Å². The Kier molecular flexibility index (Phi) is 7.72. The van der Waals surface area contributed by atoms with E-state index in [0.717, 1.165) is 30.6 Å². The van der Waals surface area contributed by atoms with Crippen molar-refractivity contribution >= 4 is 22.6 Å². The van der Waals surface area contributed by atoms with Crippen molar-refractivity contribution in [3.05, 3.63) is 82.9 Å². The number of amides is 2. The van der Waals surface area contributed by atoms with Crippen LogP contribution in [-0.2, 0) is 18.0 Å². The van der Waals surface area contributed by atoms with E-state index in [0.29, 0.717) is 5.56 Å². The fourth-order valence-electron chi connectivity index (χ4n) is 3.47. The van der Waals surface area contributed by atoms with Gasteiger partial charge < -0.3 is 0 Å². The molecule has 0 aliphatic heterocycles. The van der Waals surface area contributed by atoms with Crippen molar-refractivity contribution in [2.45, 2.75) is 27.0 Å². The quantitative estimate of drug-likeness (QED) is 0.362. The summed E-state index contributed by atoms with van der Waals surface area (Å²) in [6.07, 6.45) is 0. The Morgan fingerprint density at radius 1 is 0.839 bits per heavy atom. The van der Waals surface area contributed by atoms with Crippen LogP contribution in [-0.4, -0.2) is 35.0 Å². The van der Waals surface area contributed by atoms with Gasteiger partial charge in [0.05, 0.1) is 0 Å².